The average molecular weight is 348 g/mol. The quantitative estimate of drug-likeness (QED) is 0.459. The molecule has 0 fully saturated rings. The van der Waals surface area contributed by atoms with E-state index in [1.807, 2.05) is 35.7 Å². The predicted molar refractivity (Wildman–Crippen MR) is 97.5 cm³/mol. The van der Waals surface area contributed by atoms with E-state index in [4.69, 9.17) is 4.74 Å². The molecule has 3 N–H and O–H groups in total. The van der Waals surface area contributed by atoms with Crippen LogP contribution in [0.25, 0.3) is 5.65 Å². The fourth-order valence-electron chi connectivity index (χ4n) is 2.20. The highest BCUT2D eigenvalue weighted by Crippen LogP contribution is 2.03. The summed E-state index contributed by atoms with van der Waals surface area (Å²) in [5, 5.41) is 24.5. The summed E-state index contributed by atoms with van der Waals surface area (Å²) < 4.78 is 7.35. The van der Waals surface area contributed by atoms with Crippen LogP contribution in [0.2, 0.25) is 0 Å². The predicted octanol–water partition coefficient (Wildman–Crippen LogP) is 0.818. The molecule has 8 nitrogen and oxygen atoms in total. The van der Waals surface area contributed by atoms with Crippen molar-refractivity contribution in [3.8, 4) is 0 Å². The summed E-state index contributed by atoms with van der Waals surface area (Å²) in [5.74, 6) is 1.84. The van der Waals surface area contributed by atoms with Gasteiger partial charge in [0.25, 0.3) is 0 Å². The maximum atomic E-state index is 9.98. The molecule has 2 aromatic heterocycles. The van der Waals surface area contributed by atoms with E-state index in [1.54, 1.807) is 0 Å². The molecule has 8 heteroatoms. The van der Waals surface area contributed by atoms with Gasteiger partial charge in [0.05, 0.1) is 12.7 Å². The fourth-order valence-corrected chi connectivity index (χ4v) is 2.20. The SMILES string of the molecule is CCNC(=NCc1nnc2ccccn12)NCC(O)COCC(C)C. The number of hydrogen-bond acceptors (Lipinski definition) is 5. The summed E-state index contributed by atoms with van der Waals surface area (Å²) in [6, 6.07) is 5.75. The molecular formula is C17H28N6O2. The Kier molecular flexibility index (Phi) is 7.62. The van der Waals surface area contributed by atoms with E-state index < -0.39 is 6.10 Å². The van der Waals surface area contributed by atoms with Crippen LogP contribution in [0, 0.1) is 5.92 Å². The summed E-state index contributed by atoms with van der Waals surface area (Å²) in [6.45, 7) is 8.58. The topological polar surface area (TPSA) is 96.1 Å². The Hall–Kier alpha value is -2.19. The van der Waals surface area contributed by atoms with Crippen molar-refractivity contribution in [1.82, 2.24) is 25.2 Å². The Morgan fingerprint density at radius 3 is 2.88 bits per heavy atom. The Bertz CT molecular complexity index is 670. The second kappa shape index (κ2) is 9.95. The number of rotatable bonds is 9. The molecule has 0 aliphatic carbocycles. The molecule has 1 unspecified atom stereocenters. The number of pyridine rings is 1. The first kappa shape index (κ1) is 19.1. The standard InChI is InChI=1S/C17H28N6O2/c1-4-18-17(19-9-14(24)12-25-11-13(2)3)20-10-16-22-21-15-7-5-6-8-23(15)16/h5-8,13-14,24H,4,9-12H2,1-3H3,(H2,18,19,20). The van der Waals surface area contributed by atoms with Gasteiger partial charge in [0.1, 0.15) is 6.54 Å². The molecule has 2 aromatic rings. The number of aliphatic hydroxyl groups excluding tert-OH is 1. The largest absolute Gasteiger partial charge is 0.389 e. The molecule has 0 aliphatic heterocycles. The lowest BCUT2D eigenvalue weighted by atomic mass is 10.2. The van der Waals surface area contributed by atoms with E-state index in [2.05, 4.69) is 39.7 Å². The number of nitrogens with zero attached hydrogens (tertiary/aromatic N) is 4. The van der Waals surface area contributed by atoms with Gasteiger partial charge in [-0.15, -0.1) is 10.2 Å². The molecule has 1 atom stereocenters. The van der Waals surface area contributed by atoms with Crippen LogP contribution in [0.1, 0.15) is 26.6 Å². The summed E-state index contributed by atoms with van der Waals surface area (Å²) in [6.07, 6.45) is 1.33. The number of aromatic nitrogens is 3. The van der Waals surface area contributed by atoms with Gasteiger partial charge in [-0.3, -0.25) is 4.40 Å². The van der Waals surface area contributed by atoms with Gasteiger partial charge in [0.15, 0.2) is 17.4 Å². The van der Waals surface area contributed by atoms with Crippen molar-refractivity contribution >= 4 is 11.6 Å². The van der Waals surface area contributed by atoms with Gasteiger partial charge in [0.2, 0.25) is 0 Å². The van der Waals surface area contributed by atoms with E-state index >= 15 is 0 Å². The van der Waals surface area contributed by atoms with E-state index in [0.717, 1.165) is 18.0 Å². The van der Waals surface area contributed by atoms with Gasteiger partial charge in [-0.2, -0.15) is 0 Å². The molecule has 25 heavy (non-hydrogen) atoms. The zero-order valence-electron chi connectivity index (χ0n) is 15.1. The summed E-state index contributed by atoms with van der Waals surface area (Å²) >= 11 is 0. The van der Waals surface area contributed by atoms with Crippen LogP contribution in [-0.4, -0.2) is 58.1 Å². The number of aliphatic imine (C=N–C) groups is 1. The van der Waals surface area contributed by atoms with Crippen molar-refractivity contribution in [3.63, 3.8) is 0 Å². The Labute approximate surface area is 148 Å². The molecule has 0 saturated heterocycles. The molecule has 0 spiro atoms. The molecule has 0 amide bonds. The van der Waals surface area contributed by atoms with Crippen molar-refractivity contribution in [1.29, 1.82) is 0 Å². The van der Waals surface area contributed by atoms with Crippen LogP contribution in [-0.2, 0) is 11.3 Å². The molecule has 0 aliphatic rings. The lowest BCUT2D eigenvalue weighted by molar-refractivity contribution is 0.0280. The molecule has 0 saturated carbocycles. The van der Waals surface area contributed by atoms with Crippen molar-refractivity contribution in [3.05, 3.63) is 30.2 Å². The molecule has 0 aromatic carbocycles. The first-order valence-electron chi connectivity index (χ1n) is 8.66. The monoisotopic (exact) mass is 348 g/mol. The van der Waals surface area contributed by atoms with E-state index in [0.29, 0.717) is 38.2 Å². The second-order valence-corrected chi connectivity index (χ2v) is 6.21. The number of fused-ring (bicyclic) bond motifs is 1. The van der Waals surface area contributed by atoms with Gasteiger partial charge in [-0.1, -0.05) is 19.9 Å². The molecular weight excluding hydrogens is 320 g/mol. The van der Waals surface area contributed by atoms with Gasteiger partial charge in [0, 0.05) is 25.9 Å². The zero-order valence-corrected chi connectivity index (χ0v) is 15.1. The first-order valence-corrected chi connectivity index (χ1v) is 8.66. The maximum absolute atomic E-state index is 9.98. The zero-order chi connectivity index (χ0) is 18.1. The van der Waals surface area contributed by atoms with Crippen LogP contribution >= 0.6 is 0 Å². The minimum Gasteiger partial charge on any atom is -0.389 e. The molecule has 2 heterocycles. The third-order valence-electron chi connectivity index (χ3n) is 3.37. The van der Waals surface area contributed by atoms with Gasteiger partial charge < -0.3 is 20.5 Å². The lowest BCUT2D eigenvalue weighted by Crippen LogP contribution is -2.42. The molecule has 0 radical (unpaired) electrons. The van der Waals surface area contributed by atoms with Crippen LogP contribution < -0.4 is 10.6 Å². The summed E-state index contributed by atoms with van der Waals surface area (Å²) in [7, 11) is 0. The number of aliphatic hydroxyl groups is 1. The minimum absolute atomic E-state index is 0.305. The lowest BCUT2D eigenvalue weighted by Gasteiger charge is -2.16. The summed E-state index contributed by atoms with van der Waals surface area (Å²) in [5.41, 5.74) is 0.795. The number of nitrogens with one attached hydrogen (secondary N) is 2. The number of hydrogen-bond donors (Lipinski definition) is 3. The van der Waals surface area contributed by atoms with Gasteiger partial charge in [-0.05, 0) is 25.0 Å². The van der Waals surface area contributed by atoms with Crippen LogP contribution in [0.3, 0.4) is 0 Å². The van der Waals surface area contributed by atoms with E-state index in [9.17, 15) is 5.11 Å². The number of guanidine groups is 1. The third-order valence-corrected chi connectivity index (χ3v) is 3.37. The van der Waals surface area contributed by atoms with E-state index in [1.165, 1.54) is 0 Å². The highest BCUT2D eigenvalue weighted by Gasteiger charge is 2.08. The van der Waals surface area contributed by atoms with Crippen molar-refractivity contribution in [2.24, 2.45) is 10.9 Å². The van der Waals surface area contributed by atoms with Crippen LogP contribution in [0.5, 0.6) is 0 Å². The average Bonchev–Trinajstić information content (AvgIpc) is 3.00. The van der Waals surface area contributed by atoms with Crippen molar-refractivity contribution < 1.29 is 9.84 Å². The Morgan fingerprint density at radius 2 is 2.12 bits per heavy atom. The van der Waals surface area contributed by atoms with Gasteiger partial charge in [-0.25, -0.2) is 4.99 Å². The highest BCUT2D eigenvalue weighted by atomic mass is 16.5. The minimum atomic E-state index is -0.587. The van der Waals surface area contributed by atoms with Crippen molar-refractivity contribution in [2.45, 2.75) is 33.4 Å². The van der Waals surface area contributed by atoms with Crippen LogP contribution in [0.4, 0.5) is 0 Å². The smallest absolute Gasteiger partial charge is 0.191 e. The third kappa shape index (κ3) is 6.32. The maximum Gasteiger partial charge on any atom is 0.191 e. The Morgan fingerprint density at radius 1 is 1.28 bits per heavy atom. The molecule has 2 rings (SSSR count). The first-order chi connectivity index (χ1) is 12.1. The van der Waals surface area contributed by atoms with Gasteiger partial charge >= 0.3 is 0 Å². The molecule has 0 bridgehead atoms. The summed E-state index contributed by atoms with van der Waals surface area (Å²) in [4.78, 5) is 4.51. The second-order valence-electron chi connectivity index (χ2n) is 6.21. The number of ether oxygens (including phenoxy) is 1. The van der Waals surface area contributed by atoms with Crippen LogP contribution in [0.15, 0.2) is 29.4 Å². The highest BCUT2D eigenvalue weighted by molar-refractivity contribution is 5.79. The molecule has 138 valence electrons. The van der Waals surface area contributed by atoms with E-state index in [-0.39, 0.29) is 0 Å². The fraction of sp³-hybridized carbons (Fsp3) is 0.588. The van der Waals surface area contributed by atoms with Crippen molar-refractivity contribution in [2.75, 3.05) is 26.3 Å². The Balaban J connectivity index is 1.87. The normalized spacial score (nSPS) is 13.4.